The molecule has 1 aliphatic heterocycles. The van der Waals surface area contributed by atoms with Crippen molar-refractivity contribution in [3.05, 3.63) is 32.9 Å². The average molecular weight is 451 g/mol. The number of nitrogens with zero attached hydrogens (tertiary/aromatic N) is 1. The lowest BCUT2D eigenvalue weighted by atomic mass is 10.1. The number of esters is 1. The molecule has 1 fully saturated rings. The van der Waals surface area contributed by atoms with Crippen molar-refractivity contribution in [3.8, 4) is 0 Å². The van der Waals surface area contributed by atoms with Crippen molar-refractivity contribution < 1.29 is 29.3 Å². The molecular formula is C18H18Cl3NO6. The minimum absolute atomic E-state index is 0.0320. The number of benzene rings is 1. The maximum Gasteiger partial charge on any atom is 0.302 e. The Morgan fingerprint density at radius 3 is 2.43 bits per heavy atom. The number of carbonyl (C=O) groups excluding carboxylic acids is 2. The third-order valence-corrected chi connectivity index (χ3v) is 5.72. The molecule has 0 aliphatic carbocycles. The topological polar surface area (TPSA) is 98.0 Å². The first-order valence-corrected chi connectivity index (χ1v) is 9.67. The van der Waals surface area contributed by atoms with Crippen LogP contribution in [0.25, 0.3) is 10.9 Å². The Hall–Kier alpha value is -1.35. The fourth-order valence-electron chi connectivity index (χ4n) is 3.24. The summed E-state index contributed by atoms with van der Waals surface area (Å²) in [5.74, 6) is -0.771. The number of hydrogen-bond acceptors (Lipinski definition) is 6. The molecule has 28 heavy (non-hydrogen) atoms. The third kappa shape index (κ3) is 3.63. The highest BCUT2D eigenvalue weighted by molar-refractivity contribution is 6.43. The van der Waals surface area contributed by atoms with Crippen molar-refractivity contribution in [1.82, 2.24) is 4.57 Å². The second-order valence-electron chi connectivity index (χ2n) is 6.44. The molecule has 1 aliphatic rings. The summed E-state index contributed by atoms with van der Waals surface area (Å²) in [6, 6.07) is 3.04. The van der Waals surface area contributed by atoms with Gasteiger partial charge in [0.2, 0.25) is 0 Å². The van der Waals surface area contributed by atoms with Crippen LogP contribution in [0.4, 0.5) is 0 Å². The Labute approximate surface area is 175 Å². The van der Waals surface area contributed by atoms with Crippen molar-refractivity contribution >= 4 is 57.5 Å². The van der Waals surface area contributed by atoms with Crippen LogP contribution in [-0.2, 0) is 14.3 Å². The molecule has 3 rings (SSSR count). The van der Waals surface area contributed by atoms with E-state index in [1.54, 1.807) is 6.92 Å². The maximum atomic E-state index is 12.5. The average Bonchev–Trinajstić information content (AvgIpc) is 3.07. The summed E-state index contributed by atoms with van der Waals surface area (Å²) in [5.41, 5.74) is 0.645. The van der Waals surface area contributed by atoms with E-state index in [2.05, 4.69) is 0 Å². The van der Waals surface area contributed by atoms with Gasteiger partial charge in [-0.2, -0.15) is 0 Å². The minimum atomic E-state index is -1.38. The van der Waals surface area contributed by atoms with E-state index in [4.69, 9.17) is 44.3 Å². The molecule has 1 saturated heterocycles. The van der Waals surface area contributed by atoms with Gasteiger partial charge in [0, 0.05) is 18.7 Å². The Kier molecular flexibility index (Phi) is 6.24. The van der Waals surface area contributed by atoms with Crippen molar-refractivity contribution in [2.45, 2.75) is 44.8 Å². The molecule has 0 spiro atoms. The number of halogens is 3. The zero-order valence-electron chi connectivity index (χ0n) is 15.0. The zero-order valence-corrected chi connectivity index (χ0v) is 17.3. The van der Waals surface area contributed by atoms with E-state index >= 15 is 0 Å². The van der Waals surface area contributed by atoms with E-state index in [0.717, 1.165) is 0 Å². The van der Waals surface area contributed by atoms with Gasteiger partial charge < -0.3 is 24.3 Å². The van der Waals surface area contributed by atoms with Crippen molar-refractivity contribution in [1.29, 1.82) is 0 Å². The normalized spacial score (nSPS) is 24.7. The first kappa shape index (κ1) is 21.4. The van der Waals surface area contributed by atoms with Crippen molar-refractivity contribution in [2.24, 2.45) is 0 Å². The number of ether oxygens (including phenoxy) is 2. The van der Waals surface area contributed by atoms with Gasteiger partial charge >= 0.3 is 5.97 Å². The summed E-state index contributed by atoms with van der Waals surface area (Å²) in [6.45, 7) is 2.67. The molecule has 0 amide bonds. The van der Waals surface area contributed by atoms with Gasteiger partial charge in [0.05, 0.1) is 21.1 Å². The van der Waals surface area contributed by atoms with Crippen LogP contribution >= 0.6 is 34.8 Å². The Balaban J connectivity index is 2.12. The summed E-state index contributed by atoms with van der Waals surface area (Å²) in [5, 5.41) is 21.8. The van der Waals surface area contributed by atoms with E-state index in [1.807, 2.05) is 0 Å². The zero-order chi connectivity index (χ0) is 20.7. The highest BCUT2D eigenvalue weighted by atomic mass is 35.5. The van der Waals surface area contributed by atoms with Gasteiger partial charge in [-0.3, -0.25) is 9.59 Å². The molecule has 2 N–H and O–H groups in total. The van der Waals surface area contributed by atoms with Crippen LogP contribution < -0.4 is 0 Å². The van der Waals surface area contributed by atoms with Gasteiger partial charge in [0.1, 0.15) is 30.1 Å². The van der Waals surface area contributed by atoms with E-state index in [9.17, 15) is 19.8 Å². The molecule has 7 nitrogen and oxygen atoms in total. The highest BCUT2D eigenvalue weighted by Crippen LogP contribution is 2.41. The molecule has 10 heteroatoms. The van der Waals surface area contributed by atoms with E-state index in [-0.39, 0.29) is 39.6 Å². The summed E-state index contributed by atoms with van der Waals surface area (Å²) in [6.07, 6.45) is -4.60. The summed E-state index contributed by atoms with van der Waals surface area (Å²) >= 11 is 18.7. The number of rotatable bonds is 5. The van der Waals surface area contributed by atoms with Crippen molar-refractivity contribution in [2.75, 3.05) is 6.61 Å². The number of Topliss-reactive ketones (excluding diaryl/α,β-unsaturated/α-hetero) is 1. The second kappa shape index (κ2) is 8.18. The fraction of sp³-hybridized carbons (Fsp3) is 0.444. The van der Waals surface area contributed by atoms with Crippen LogP contribution in [-0.4, -0.2) is 51.5 Å². The molecule has 1 aromatic carbocycles. The highest BCUT2D eigenvalue weighted by Gasteiger charge is 2.45. The maximum absolute atomic E-state index is 12.5. The molecule has 2 aromatic rings. The number of ketones is 1. The first-order valence-electron chi connectivity index (χ1n) is 8.53. The molecule has 152 valence electrons. The number of carbonyl (C=O) groups is 2. The lowest BCUT2D eigenvalue weighted by Crippen LogP contribution is -2.34. The van der Waals surface area contributed by atoms with Gasteiger partial charge in [-0.1, -0.05) is 41.7 Å². The molecule has 0 bridgehead atoms. The number of fused-ring (bicyclic) bond motifs is 1. The van der Waals surface area contributed by atoms with E-state index in [0.29, 0.717) is 10.9 Å². The smallest absolute Gasteiger partial charge is 0.302 e. The predicted octanol–water partition coefficient (Wildman–Crippen LogP) is 3.38. The van der Waals surface area contributed by atoms with E-state index < -0.39 is 30.5 Å². The quantitative estimate of drug-likeness (QED) is 0.535. The summed E-state index contributed by atoms with van der Waals surface area (Å²) in [4.78, 5) is 23.5. The van der Waals surface area contributed by atoms with Gasteiger partial charge in [-0.05, 0) is 12.1 Å². The fourth-order valence-corrected chi connectivity index (χ4v) is 3.96. The van der Waals surface area contributed by atoms with Crippen LogP contribution in [0.15, 0.2) is 12.1 Å². The molecule has 1 aromatic heterocycles. The number of aromatic nitrogens is 1. The van der Waals surface area contributed by atoms with Crippen LogP contribution in [0.5, 0.6) is 0 Å². The molecule has 0 radical (unpaired) electrons. The van der Waals surface area contributed by atoms with Crippen LogP contribution in [0.2, 0.25) is 15.2 Å². The lowest BCUT2D eigenvalue weighted by Gasteiger charge is -2.19. The Morgan fingerprint density at radius 1 is 1.18 bits per heavy atom. The van der Waals surface area contributed by atoms with Crippen molar-refractivity contribution in [3.63, 3.8) is 0 Å². The van der Waals surface area contributed by atoms with Crippen LogP contribution in [0.1, 0.15) is 36.9 Å². The Bertz CT molecular complexity index is 943. The molecular weight excluding hydrogens is 433 g/mol. The minimum Gasteiger partial charge on any atom is -0.463 e. The molecule has 0 unspecified atom stereocenters. The monoisotopic (exact) mass is 449 g/mol. The predicted molar refractivity (Wildman–Crippen MR) is 104 cm³/mol. The van der Waals surface area contributed by atoms with Gasteiger partial charge in [0.25, 0.3) is 0 Å². The number of hydrogen-bond donors (Lipinski definition) is 2. The number of aliphatic hydroxyl groups excluding tert-OH is 2. The van der Waals surface area contributed by atoms with Crippen LogP contribution in [0, 0.1) is 0 Å². The second-order valence-corrected chi connectivity index (χ2v) is 7.62. The largest absolute Gasteiger partial charge is 0.463 e. The summed E-state index contributed by atoms with van der Waals surface area (Å²) in [7, 11) is 0. The Morgan fingerprint density at radius 2 is 1.82 bits per heavy atom. The van der Waals surface area contributed by atoms with Crippen LogP contribution in [0.3, 0.4) is 0 Å². The van der Waals surface area contributed by atoms with Gasteiger partial charge in [0.15, 0.2) is 12.0 Å². The molecule has 2 heterocycles. The standard InChI is InChI=1S/C18H18Cl3NO6/c1-3-12(24)14-8-4-9(19)10(20)5-11(8)22(17(14)21)18-16(26)15(25)13(28-18)6-27-7(2)23/h4-5,13,15-16,18,25-26H,3,6H2,1-2H3/t13-,15-,16-,18-/m1/s1. The SMILES string of the molecule is CCC(=O)c1c(Cl)n([C@@H]2O[C@H](COC(C)=O)[C@@H](O)[C@H]2O)c2cc(Cl)c(Cl)cc12. The lowest BCUT2D eigenvalue weighted by molar-refractivity contribution is -0.147. The molecule has 0 saturated carbocycles. The number of aliphatic hydroxyl groups is 2. The summed E-state index contributed by atoms with van der Waals surface area (Å²) < 4.78 is 12.0. The van der Waals surface area contributed by atoms with Gasteiger partial charge in [-0.25, -0.2) is 0 Å². The van der Waals surface area contributed by atoms with E-state index in [1.165, 1.54) is 23.6 Å². The third-order valence-electron chi connectivity index (χ3n) is 4.63. The first-order chi connectivity index (χ1) is 13.2. The van der Waals surface area contributed by atoms with Gasteiger partial charge in [-0.15, -0.1) is 0 Å². The molecule has 4 atom stereocenters.